The zero-order chi connectivity index (χ0) is 14.2. The van der Waals surface area contributed by atoms with Crippen LogP contribution in [0.3, 0.4) is 0 Å². The number of rotatable bonds is 4. The minimum Gasteiger partial charge on any atom is -0.338 e. The Morgan fingerprint density at radius 1 is 1.10 bits per heavy atom. The summed E-state index contributed by atoms with van der Waals surface area (Å²) in [6, 6.07) is 1.10. The third-order valence-corrected chi connectivity index (χ3v) is 5.12. The van der Waals surface area contributed by atoms with Gasteiger partial charge in [0, 0.05) is 31.1 Å². The van der Waals surface area contributed by atoms with Crippen LogP contribution >= 0.6 is 0 Å². The Bertz CT molecular complexity index is 478. The summed E-state index contributed by atoms with van der Waals surface area (Å²) in [5, 5.41) is 4.10. The van der Waals surface area contributed by atoms with Crippen molar-refractivity contribution in [3.8, 4) is 0 Å². The summed E-state index contributed by atoms with van der Waals surface area (Å²) in [5.74, 6) is 2.29. The molecule has 2 saturated heterocycles. The van der Waals surface area contributed by atoms with Crippen molar-refractivity contribution >= 4 is 0 Å². The molecule has 1 aliphatic carbocycles. The Labute approximate surface area is 125 Å². The fraction of sp³-hybridized carbons (Fsp3) is 0.867. The minimum atomic E-state index is 0.415. The number of hydrogen-bond acceptors (Lipinski definition) is 6. The van der Waals surface area contributed by atoms with E-state index in [0.717, 1.165) is 57.3 Å². The maximum absolute atomic E-state index is 5.99. The van der Waals surface area contributed by atoms with E-state index in [1.807, 2.05) is 0 Å². The Morgan fingerprint density at radius 2 is 1.90 bits per heavy atom. The van der Waals surface area contributed by atoms with E-state index < -0.39 is 0 Å². The molecule has 3 aliphatic rings. The molecule has 1 aromatic heterocycles. The lowest BCUT2D eigenvalue weighted by atomic mass is 10.0. The number of aromatic nitrogens is 2. The van der Waals surface area contributed by atoms with Crippen LogP contribution < -0.4 is 5.73 Å². The van der Waals surface area contributed by atoms with E-state index in [-0.39, 0.29) is 0 Å². The second-order valence-corrected chi connectivity index (χ2v) is 6.87. The van der Waals surface area contributed by atoms with Gasteiger partial charge in [-0.05, 0) is 45.2 Å². The number of nitrogens with two attached hydrogens (primary N) is 1. The highest BCUT2D eigenvalue weighted by atomic mass is 16.5. The Hall–Kier alpha value is -0.980. The first-order valence-electron chi connectivity index (χ1n) is 8.32. The summed E-state index contributed by atoms with van der Waals surface area (Å²) in [7, 11) is 0. The number of nitrogens with zero attached hydrogens (tertiary/aromatic N) is 4. The number of likely N-dealkylation sites (tertiary alicyclic amines) is 2. The summed E-state index contributed by atoms with van der Waals surface area (Å²) in [5.41, 5.74) is 5.99. The molecule has 116 valence electrons. The van der Waals surface area contributed by atoms with Crippen LogP contribution in [0.4, 0.5) is 0 Å². The van der Waals surface area contributed by atoms with Crippen molar-refractivity contribution < 1.29 is 4.52 Å². The van der Waals surface area contributed by atoms with Gasteiger partial charge in [0.15, 0.2) is 5.82 Å². The molecule has 0 aromatic carbocycles. The topological polar surface area (TPSA) is 71.4 Å². The van der Waals surface area contributed by atoms with Gasteiger partial charge in [0.05, 0.1) is 6.54 Å². The monoisotopic (exact) mass is 291 g/mol. The van der Waals surface area contributed by atoms with E-state index in [1.54, 1.807) is 0 Å². The van der Waals surface area contributed by atoms with Crippen LogP contribution in [0.25, 0.3) is 0 Å². The van der Waals surface area contributed by atoms with Gasteiger partial charge in [-0.3, -0.25) is 9.80 Å². The van der Waals surface area contributed by atoms with Crippen LogP contribution in [0.5, 0.6) is 0 Å². The molecule has 0 radical (unpaired) electrons. The lowest BCUT2D eigenvalue weighted by Gasteiger charge is -2.34. The van der Waals surface area contributed by atoms with Crippen LogP contribution in [0.2, 0.25) is 0 Å². The molecular formula is C15H25N5O. The van der Waals surface area contributed by atoms with Crippen molar-refractivity contribution in [3.63, 3.8) is 0 Å². The Morgan fingerprint density at radius 3 is 2.67 bits per heavy atom. The van der Waals surface area contributed by atoms with Crippen LogP contribution in [0, 0.1) is 0 Å². The number of hydrogen-bond donors (Lipinski definition) is 1. The van der Waals surface area contributed by atoms with Gasteiger partial charge in [-0.15, -0.1) is 0 Å². The normalized spacial score (nSPS) is 29.3. The first-order valence-corrected chi connectivity index (χ1v) is 8.32. The largest absolute Gasteiger partial charge is 0.338 e. The molecule has 1 unspecified atom stereocenters. The van der Waals surface area contributed by atoms with Gasteiger partial charge in [-0.2, -0.15) is 4.98 Å². The summed E-state index contributed by atoms with van der Waals surface area (Å²) >= 11 is 0. The van der Waals surface area contributed by atoms with E-state index >= 15 is 0 Å². The molecule has 2 aliphatic heterocycles. The number of piperidine rings is 1. The van der Waals surface area contributed by atoms with Crippen molar-refractivity contribution in [2.24, 2.45) is 5.73 Å². The van der Waals surface area contributed by atoms with Crippen molar-refractivity contribution in [1.29, 1.82) is 0 Å². The van der Waals surface area contributed by atoms with Crippen LogP contribution in [-0.4, -0.2) is 58.2 Å². The molecule has 0 spiro atoms. The van der Waals surface area contributed by atoms with Gasteiger partial charge in [-0.25, -0.2) is 0 Å². The molecule has 3 heterocycles. The molecule has 0 amide bonds. The predicted octanol–water partition coefficient (Wildman–Crippen LogP) is 0.944. The summed E-state index contributed by atoms with van der Waals surface area (Å²) in [6.45, 7) is 5.38. The molecule has 21 heavy (non-hydrogen) atoms. The fourth-order valence-corrected chi connectivity index (χ4v) is 3.57. The highest BCUT2D eigenvalue weighted by molar-refractivity contribution is 5.03. The zero-order valence-electron chi connectivity index (χ0n) is 12.6. The summed E-state index contributed by atoms with van der Waals surface area (Å²) in [4.78, 5) is 9.60. The molecule has 1 atom stereocenters. The molecule has 3 fully saturated rings. The minimum absolute atomic E-state index is 0.415. The molecular weight excluding hydrogens is 266 g/mol. The highest BCUT2D eigenvalue weighted by Crippen LogP contribution is 2.38. The van der Waals surface area contributed by atoms with E-state index in [0.29, 0.717) is 18.0 Å². The second-order valence-electron chi connectivity index (χ2n) is 6.87. The lowest BCUT2D eigenvalue weighted by molar-refractivity contribution is 0.149. The highest BCUT2D eigenvalue weighted by Gasteiger charge is 2.32. The van der Waals surface area contributed by atoms with Gasteiger partial charge >= 0.3 is 0 Å². The van der Waals surface area contributed by atoms with Gasteiger partial charge in [0.25, 0.3) is 0 Å². The maximum atomic E-state index is 5.99. The Kier molecular flexibility index (Phi) is 3.69. The van der Waals surface area contributed by atoms with Gasteiger partial charge in [0.2, 0.25) is 5.89 Å². The second kappa shape index (κ2) is 5.66. The first kappa shape index (κ1) is 13.7. The Balaban J connectivity index is 1.29. The van der Waals surface area contributed by atoms with E-state index in [9.17, 15) is 0 Å². The fourth-order valence-electron chi connectivity index (χ4n) is 3.57. The summed E-state index contributed by atoms with van der Waals surface area (Å²) < 4.78 is 5.39. The average Bonchev–Trinajstić information content (AvgIpc) is 3.06. The van der Waals surface area contributed by atoms with Crippen molar-refractivity contribution in [3.05, 3.63) is 11.7 Å². The lowest BCUT2D eigenvalue weighted by Crippen LogP contribution is -2.46. The van der Waals surface area contributed by atoms with Crippen molar-refractivity contribution in [2.45, 2.75) is 56.7 Å². The zero-order valence-corrected chi connectivity index (χ0v) is 12.6. The molecule has 6 heteroatoms. The quantitative estimate of drug-likeness (QED) is 0.890. The van der Waals surface area contributed by atoms with Gasteiger partial charge < -0.3 is 10.3 Å². The molecule has 1 saturated carbocycles. The molecule has 0 bridgehead atoms. The SMILES string of the molecule is NC1CCN(C2CCN(Cc3nc(C4CC4)no3)C2)CC1. The molecule has 4 rings (SSSR count). The third-order valence-electron chi connectivity index (χ3n) is 5.12. The van der Waals surface area contributed by atoms with Gasteiger partial charge in [-0.1, -0.05) is 5.16 Å². The van der Waals surface area contributed by atoms with E-state index in [2.05, 4.69) is 19.9 Å². The average molecular weight is 291 g/mol. The smallest absolute Gasteiger partial charge is 0.240 e. The first-order chi connectivity index (χ1) is 10.3. The van der Waals surface area contributed by atoms with Crippen LogP contribution in [-0.2, 0) is 6.54 Å². The molecule has 6 nitrogen and oxygen atoms in total. The third kappa shape index (κ3) is 3.12. The molecule has 2 N–H and O–H groups in total. The van der Waals surface area contributed by atoms with Crippen molar-refractivity contribution in [2.75, 3.05) is 26.2 Å². The van der Waals surface area contributed by atoms with E-state index in [1.165, 1.54) is 19.3 Å². The predicted molar refractivity (Wildman–Crippen MR) is 78.7 cm³/mol. The molecule has 1 aromatic rings. The van der Waals surface area contributed by atoms with E-state index in [4.69, 9.17) is 10.3 Å². The standard InChI is InChI=1S/C15H25N5O/c16-12-3-7-20(8-4-12)13-5-6-19(9-13)10-14-17-15(18-21-14)11-1-2-11/h11-13H,1-10,16H2. The van der Waals surface area contributed by atoms with Crippen LogP contribution in [0.1, 0.15) is 49.7 Å². The van der Waals surface area contributed by atoms with Crippen LogP contribution in [0.15, 0.2) is 4.52 Å². The van der Waals surface area contributed by atoms with Crippen molar-refractivity contribution in [1.82, 2.24) is 19.9 Å². The van der Waals surface area contributed by atoms with Gasteiger partial charge in [0.1, 0.15) is 0 Å². The maximum Gasteiger partial charge on any atom is 0.240 e. The summed E-state index contributed by atoms with van der Waals surface area (Å²) in [6.07, 6.45) is 5.98.